The molecular formula is C32H64. The van der Waals surface area contributed by atoms with Crippen molar-refractivity contribution in [1.82, 2.24) is 0 Å². The molecule has 0 unspecified atom stereocenters. The lowest BCUT2D eigenvalue weighted by atomic mass is 10.0. The first-order valence-electron chi connectivity index (χ1n) is 15.5. The molecule has 0 heteroatoms. The second kappa shape index (κ2) is 28.8. The highest BCUT2D eigenvalue weighted by atomic mass is 14.0. The summed E-state index contributed by atoms with van der Waals surface area (Å²) in [5.74, 6) is 0. The molecule has 0 aromatic rings. The number of allylic oxidation sites excluding steroid dienone is 2. The Kier molecular flexibility index (Phi) is 28.5. The fourth-order valence-electron chi connectivity index (χ4n) is 4.86. The van der Waals surface area contributed by atoms with E-state index in [0.29, 0.717) is 0 Å². The zero-order chi connectivity index (χ0) is 23.4. The van der Waals surface area contributed by atoms with Crippen molar-refractivity contribution in [3.8, 4) is 0 Å². The van der Waals surface area contributed by atoms with Crippen LogP contribution in [0.3, 0.4) is 0 Å². The lowest BCUT2D eigenvalue weighted by Crippen LogP contribution is -1.85. The summed E-state index contributed by atoms with van der Waals surface area (Å²) in [5.41, 5.74) is 1.65. The summed E-state index contributed by atoms with van der Waals surface area (Å²) in [6.45, 7) is 6.97. The van der Waals surface area contributed by atoms with E-state index in [9.17, 15) is 0 Å². The number of hydrogen-bond acceptors (Lipinski definition) is 0. The van der Waals surface area contributed by atoms with Gasteiger partial charge in [0, 0.05) is 0 Å². The Morgan fingerprint density at radius 2 is 0.656 bits per heavy atom. The van der Waals surface area contributed by atoms with Gasteiger partial charge in [-0.15, -0.1) is 0 Å². The maximum Gasteiger partial charge on any atom is -0.0323 e. The van der Waals surface area contributed by atoms with Gasteiger partial charge in [0.25, 0.3) is 0 Å². The third-order valence-electron chi connectivity index (χ3n) is 7.23. The summed E-state index contributed by atoms with van der Waals surface area (Å²) < 4.78 is 0. The van der Waals surface area contributed by atoms with Crippen LogP contribution in [0.5, 0.6) is 0 Å². The number of hydrogen-bond donors (Lipinski definition) is 0. The van der Waals surface area contributed by atoms with E-state index in [4.69, 9.17) is 0 Å². The maximum atomic E-state index is 2.54. The maximum absolute atomic E-state index is 2.54. The Morgan fingerprint density at radius 3 is 1.00 bits per heavy atom. The highest BCUT2D eigenvalue weighted by Crippen LogP contribution is 2.16. The van der Waals surface area contributed by atoms with Gasteiger partial charge in [0.2, 0.25) is 0 Å². The quantitative estimate of drug-likeness (QED) is 0.0865. The predicted octanol–water partition coefficient (Wildman–Crippen LogP) is 12.5. The molecule has 0 aromatic heterocycles. The molecule has 0 N–H and O–H groups in total. The molecule has 0 aliphatic heterocycles. The summed E-state index contributed by atoms with van der Waals surface area (Å²) in [5, 5.41) is 0. The van der Waals surface area contributed by atoms with Crippen LogP contribution in [0.4, 0.5) is 0 Å². The minimum absolute atomic E-state index is 1.32. The van der Waals surface area contributed by atoms with Crippen LogP contribution in [0.2, 0.25) is 0 Å². The second-order valence-corrected chi connectivity index (χ2v) is 10.7. The molecule has 0 saturated heterocycles. The van der Waals surface area contributed by atoms with Crippen molar-refractivity contribution >= 4 is 0 Å². The Balaban J connectivity index is 3.21. The minimum atomic E-state index is 1.32. The van der Waals surface area contributed by atoms with Crippen LogP contribution >= 0.6 is 0 Å². The van der Waals surface area contributed by atoms with Crippen LogP contribution in [0.15, 0.2) is 11.6 Å². The molecule has 0 rings (SSSR count). The van der Waals surface area contributed by atoms with Gasteiger partial charge in [-0.3, -0.25) is 0 Å². The average molecular weight is 449 g/mol. The Labute approximate surface area is 205 Å². The molecule has 0 amide bonds. The largest absolute Gasteiger partial charge is 0.0856 e. The third-order valence-corrected chi connectivity index (χ3v) is 7.23. The molecule has 0 nitrogen and oxygen atoms in total. The Hall–Kier alpha value is -0.260. The highest BCUT2D eigenvalue weighted by molar-refractivity contribution is 4.97. The topological polar surface area (TPSA) is 0 Å². The third kappa shape index (κ3) is 27.8. The van der Waals surface area contributed by atoms with Gasteiger partial charge in [-0.1, -0.05) is 173 Å². The monoisotopic (exact) mass is 449 g/mol. The first kappa shape index (κ1) is 31.7. The van der Waals surface area contributed by atoms with E-state index in [0.717, 1.165) is 0 Å². The molecule has 0 aromatic carbocycles. The van der Waals surface area contributed by atoms with E-state index in [1.54, 1.807) is 5.57 Å². The Bertz CT molecular complexity index is 353. The van der Waals surface area contributed by atoms with Crippen LogP contribution in [0, 0.1) is 0 Å². The van der Waals surface area contributed by atoms with Gasteiger partial charge in [-0.2, -0.15) is 0 Å². The van der Waals surface area contributed by atoms with Gasteiger partial charge in [0.15, 0.2) is 0 Å². The van der Waals surface area contributed by atoms with Crippen molar-refractivity contribution in [2.24, 2.45) is 0 Å². The molecule has 0 spiro atoms. The van der Waals surface area contributed by atoms with E-state index in [2.05, 4.69) is 26.8 Å². The van der Waals surface area contributed by atoms with Crippen molar-refractivity contribution in [1.29, 1.82) is 0 Å². The molecule has 0 bridgehead atoms. The molecule has 0 aliphatic carbocycles. The standard InChI is InChI=1S/C32H64/c1-4-6-8-10-12-14-16-17-18-19-21-23-25-27-29-31-32(3)30-28-26-24-22-20-15-13-11-9-7-5-2/h30H,4-29,31H2,1-3H3. The average Bonchev–Trinajstić information content (AvgIpc) is 2.80. The first-order chi connectivity index (χ1) is 15.8. The second-order valence-electron chi connectivity index (χ2n) is 10.7. The smallest absolute Gasteiger partial charge is 0.0323 e. The van der Waals surface area contributed by atoms with Crippen LogP contribution in [-0.4, -0.2) is 0 Å². The van der Waals surface area contributed by atoms with Gasteiger partial charge >= 0.3 is 0 Å². The number of unbranched alkanes of at least 4 members (excludes halogenated alkanes) is 24. The van der Waals surface area contributed by atoms with Gasteiger partial charge < -0.3 is 0 Å². The fourth-order valence-corrected chi connectivity index (χ4v) is 4.86. The van der Waals surface area contributed by atoms with Crippen LogP contribution in [-0.2, 0) is 0 Å². The molecule has 0 radical (unpaired) electrons. The molecule has 0 atom stereocenters. The molecule has 0 fully saturated rings. The molecule has 32 heavy (non-hydrogen) atoms. The number of rotatable bonds is 27. The van der Waals surface area contributed by atoms with Crippen LogP contribution in [0.1, 0.15) is 194 Å². The van der Waals surface area contributed by atoms with Crippen molar-refractivity contribution in [3.63, 3.8) is 0 Å². The summed E-state index contributed by atoms with van der Waals surface area (Å²) in [6, 6.07) is 0. The zero-order valence-corrected chi connectivity index (χ0v) is 23.2. The van der Waals surface area contributed by atoms with E-state index < -0.39 is 0 Å². The van der Waals surface area contributed by atoms with E-state index in [1.165, 1.54) is 173 Å². The van der Waals surface area contributed by atoms with E-state index in [1.807, 2.05) is 0 Å². The minimum Gasteiger partial charge on any atom is -0.0856 e. The van der Waals surface area contributed by atoms with Gasteiger partial charge in [0.05, 0.1) is 0 Å². The van der Waals surface area contributed by atoms with Gasteiger partial charge in [0.1, 0.15) is 0 Å². The fraction of sp³-hybridized carbons (Fsp3) is 0.938. The summed E-state index contributed by atoms with van der Waals surface area (Å²) in [6.07, 6.45) is 41.6. The van der Waals surface area contributed by atoms with Crippen molar-refractivity contribution in [2.45, 2.75) is 194 Å². The Morgan fingerprint density at radius 1 is 0.375 bits per heavy atom. The van der Waals surface area contributed by atoms with E-state index in [-0.39, 0.29) is 0 Å². The molecule has 0 aliphatic rings. The molecule has 0 heterocycles. The van der Waals surface area contributed by atoms with E-state index >= 15 is 0 Å². The summed E-state index contributed by atoms with van der Waals surface area (Å²) in [7, 11) is 0. The van der Waals surface area contributed by atoms with Crippen molar-refractivity contribution in [3.05, 3.63) is 11.6 Å². The first-order valence-corrected chi connectivity index (χ1v) is 15.5. The normalized spacial score (nSPS) is 12.0. The van der Waals surface area contributed by atoms with Crippen molar-refractivity contribution < 1.29 is 0 Å². The SMILES string of the molecule is CCCCCCCCCCCCC=C(C)CCCCCCCCCCCCCCCCC. The summed E-state index contributed by atoms with van der Waals surface area (Å²) in [4.78, 5) is 0. The zero-order valence-electron chi connectivity index (χ0n) is 23.2. The predicted molar refractivity (Wildman–Crippen MR) is 150 cm³/mol. The van der Waals surface area contributed by atoms with Gasteiger partial charge in [-0.25, -0.2) is 0 Å². The van der Waals surface area contributed by atoms with Gasteiger partial charge in [-0.05, 0) is 32.6 Å². The molecular weight excluding hydrogens is 384 g/mol. The lowest BCUT2D eigenvalue weighted by molar-refractivity contribution is 0.532. The highest BCUT2D eigenvalue weighted by Gasteiger charge is 1.96. The van der Waals surface area contributed by atoms with Crippen LogP contribution in [0.25, 0.3) is 0 Å². The molecule has 0 saturated carbocycles. The molecule has 192 valence electrons. The van der Waals surface area contributed by atoms with Crippen LogP contribution < -0.4 is 0 Å². The van der Waals surface area contributed by atoms with Crippen molar-refractivity contribution in [2.75, 3.05) is 0 Å². The summed E-state index contributed by atoms with van der Waals surface area (Å²) >= 11 is 0. The lowest BCUT2D eigenvalue weighted by Gasteiger charge is -2.04.